The van der Waals surface area contributed by atoms with Crippen molar-refractivity contribution in [3.05, 3.63) is 46.9 Å². The molecule has 1 aromatic carbocycles. The lowest BCUT2D eigenvalue weighted by Gasteiger charge is -2.22. The largest absolute Gasteiger partial charge is 0.416 e. The number of aromatic nitrogens is 1. The number of benzene rings is 1. The van der Waals surface area contributed by atoms with E-state index in [1.165, 1.54) is 6.07 Å². The minimum Gasteiger partial charge on any atom is -0.376 e. The molecule has 2 aromatic rings. The second-order valence-electron chi connectivity index (χ2n) is 8.78. The maximum atomic E-state index is 14.7. The number of ether oxygens (including phenoxy) is 1. The third-order valence-corrected chi connectivity index (χ3v) is 6.53. The molecular weight excluding hydrogens is 424 g/mol. The first-order chi connectivity index (χ1) is 15.2. The van der Waals surface area contributed by atoms with E-state index in [4.69, 9.17) is 4.74 Å². The zero-order chi connectivity index (χ0) is 22.9. The van der Waals surface area contributed by atoms with Gasteiger partial charge in [-0.2, -0.15) is 13.2 Å². The summed E-state index contributed by atoms with van der Waals surface area (Å²) in [5, 5.41) is 3.05. The Morgan fingerprint density at radius 3 is 2.53 bits per heavy atom. The van der Waals surface area contributed by atoms with E-state index < -0.39 is 17.6 Å². The number of halogens is 4. The minimum absolute atomic E-state index is 0.0888. The highest BCUT2D eigenvalue weighted by atomic mass is 19.4. The summed E-state index contributed by atoms with van der Waals surface area (Å²) in [5.74, 6) is -1.03. The van der Waals surface area contributed by atoms with Gasteiger partial charge in [0.2, 0.25) is 0 Å². The van der Waals surface area contributed by atoms with Gasteiger partial charge in [-0.15, -0.1) is 0 Å². The number of carbonyl (C=O) groups excluding carboxylic acids is 1. The van der Waals surface area contributed by atoms with E-state index in [2.05, 4.69) is 5.32 Å². The number of amides is 1. The summed E-state index contributed by atoms with van der Waals surface area (Å²) in [7, 11) is 0. The van der Waals surface area contributed by atoms with Crippen molar-refractivity contribution in [1.82, 2.24) is 9.88 Å². The van der Waals surface area contributed by atoms with Crippen molar-refractivity contribution in [1.29, 1.82) is 0 Å². The Hall–Kier alpha value is -2.35. The predicted octanol–water partition coefficient (Wildman–Crippen LogP) is 5.86. The SMILES string of the molecule is Cc1c(C(=O)NC2CCCCC2)cc(-c2cc(C(F)(F)F)ccc2F)n1C[C@H]1CCCO1. The van der Waals surface area contributed by atoms with Crippen LogP contribution in [0.5, 0.6) is 0 Å². The van der Waals surface area contributed by atoms with Crippen LogP contribution < -0.4 is 5.32 Å². The van der Waals surface area contributed by atoms with E-state index in [0.717, 1.165) is 63.1 Å². The molecule has 1 saturated heterocycles. The molecule has 1 N–H and O–H groups in total. The summed E-state index contributed by atoms with van der Waals surface area (Å²) in [6, 6.07) is 3.99. The third kappa shape index (κ3) is 4.85. The molecule has 1 aromatic heterocycles. The number of nitrogens with one attached hydrogen (secondary N) is 1. The minimum atomic E-state index is -4.59. The topological polar surface area (TPSA) is 43.3 Å². The number of alkyl halides is 3. The van der Waals surface area contributed by atoms with Crippen LogP contribution in [-0.2, 0) is 17.5 Å². The molecule has 0 radical (unpaired) electrons. The average Bonchev–Trinajstić information content (AvgIpc) is 3.37. The first-order valence-corrected chi connectivity index (χ1v) is 11.2. The van der Waals surface area contributed by atoms with Crippen molar-refractivity contribution in [2.45, 2.75) is 76.7 Å². The lowest BCUT2D eigenvalue weighted by atomic mass is 9.95. The van der Waals surface area contributed by atoms with E-state index in [1.807, 2.05) is 0 Å². The Kier molecular flexibility index (Phi) is 6.60. The molecule has 4 nitrogen and oxygen atoms in total. The summed E-state index contributed by atoms with van der Waals surface area (Å²) in [6.45, 7) is 2.72. The number of rotatable bonds is 5. The second kappa shape index (κ2) is 9.25. The van der Waals surface area contributed by atoms with Crippen LogP contribution >= 0.6 is 0 Å². The standard InChI is InChI=1S/C24H28F4N2O2/c1-15-19(23(31)29-17-6-3-2-4-7-17)13-22(30(15)14-18-8-5-11-32-18)20-12-16(24(26,27)28)9-10-21(20)25/h9-10,12-13,17-18H,2-8,11,14H2,1H3,(H,29,31)/t18-/m1/s1. The quantitative estimate of drug-likeness (QED) is 0.577. The van der Waals surface area contributed by atoms with Crippen LogP contribution in [0.15, 0.2) is 24.3 Å². The molecule has 1 aliphatic heterocycles. The zero-order valence-corrected chi connectivity index (χ0v) is 18.1. The van der Waals surface area contributed by atoms with E-state index in [-0.39, 0.29) is 29.3 Å². The van der Waals surface area contributed by atoms with Gasteiger partial charge in [0, 0.05) is 30.5 Å². The van der Waals surface area contributed by atoms with E-state index in [9.17, 15) is 22.4 Å². The van der Waals surface area contributed by atoms with Crippen LogP contribution in [0.2, 0.25) is 0 Å². The first kappa shape index (κ1) is 22.8. The fourth-order valence-electron chi connectivity index (χ4n) is 4.73. The molecule has 174 valence electrons. The van der Waals surface area contributed by atoms with Crippen molar-refractivity contribution < 1.29 is 27.1 Å². The lowest BCUT2D eigenvalue weighted by Crippen LogP contribution is -2.36. The molecule has 1 aliphatic carbocycles. The highest BCUT2D eigenvalue weighted by molar-refractivity contribution is 5.97. The molecule has 0 spiro atoms. The van der Waals surface area contributed by atoms with Crippen molar-refractivity contribution in [2.24, 2.45) is 0 Å². The Labute approximate surface area is 184 Å². The van der Waals surface area contributed by atoms with Gasteiger partial charge in [0.15, 0.2) is 0 Å². The van der Waals surface area contributed by atoms with Gasteiger partial charge in [-0.1, -0.05) is 19.3 Å². The van der Waals surface area contributed by atoms with Gasteiger partial charge >= 0.3 is 6.18 Å². The Balaban J connectivity index is 1.73. The van der Waals surface area contributed by atoms with Crippen molar-refractivity contribution in [3.63, 3.8) is 0 Å². The molecular formula is C24H28F4N2O2. The molecule has 1 saturated carbocycles. The fourth-order valence-corrected chi connectivity index (χ4v) is 4.73. The van der Waals surface area contributed by atoms with Crippen LogP contribution in [0, 0.1) is 12.7 Å². The molecule has 2 aliphatic rings. The summed E-state index contributed by atoms with van der Waals surface area (Å²) in [6.07, 6.45) is 2.09. The van der Waals surface area contributed by atoms with Crippen LogP contribution in [0.25, 0.3) is 11.3 Å². The van der Waals surface area contributed by atoms with Gasteiger partial charge in [0.05, 0.1) is 22.9 Å². The normalized spacial score (nSPS) is 20.0. The van der Waals surface area contributed by atoms with Crippen LogP contribution in [0.4, 0.5) is 17.6 Å². The fraction of sp³-hybridized carbons (Fsp3) is 0.542. The third-order valence-electron chi connectivity index (χ3n) is 6.53. The monoisotopic (exact) mass is 452 g/mol. The molecule has 0 bridgehead atoms. The molecule has 4 rings (SSSR count). The van der Waals surface area contributed by atoms with Gasteiger partial charge in [-0.25, -0.2) is 4.39 Å². The number of carbonyl (C=O) groups is 1. The van der Waals surface area contributed by atoms with Crippen molar-refractivity contribution >= 4 is 5.91 Å². The number of hydrogen-bond donors (Lipinski definition) is 1. The Morgan fingerprint density at radius 2 is 1.88 bits per heavy atom. The Bertz CT molecular complexity index is 971. The second-order valence-corrected chi connectivity index (χ2v) is 8.78. The van der Waals surface area contributed by atoms with Gasteiger partial charge < -0.3 is 14.6 Å². The summed E-state index contributed by atoms with van der Waals surface area (Å²) in [4.78, 5) is 13.0. The number of hydrogen-bond acceptors (Lipinski definition) is 2. The molecule has 32 heavy (non-hydrogen) atoms. The van der Waals surface area contributed by atoms with Gasteiger partial charge in [-0.3, -0.25) is 4.79 Å². The van der Waals surface area contributed by atoms with Crippen molar-refractivity contribution in [3.8, 4) is 11.3 Å². The van der Waals surface area contributed by atoms with Crippen molar-refractivity contribution in [2.75, 3.05) is 6.61 Å². The van der Waals surface area contributed by atoms with Gasteiger partial charge in [-0.05, 0) is 56.9 Å². The molecule has 8 heteroatoms. The molecule has 1 atom stereocenters. The van der Waals surface area contributed by atoms with Crippen LogP contribution in [0.1, 0.15) is 66.6 Å². The molecule has 2 fully saturated rings. The molecule has 0 unspecified atom stereocenters. The smallest absolute Gasteiger partial charge is 0.376 e. The van der Waals surface area contributed by atoms with Crippen LogP contribution in [-0.4, -0.2) is 29.2 Å². The Morgan fingerprint density at radius 1 is 1.12 bits per heavy atom. The van der Waals surface area contributed by atoms with Crippen LogP contribution in [0.3, 0.4) is 0 Å². The van der Waals surface area contributed by atoms with E-state index in [1.54, 1.807) is 11.5 Å². The van der Waals surface area contributed by atoms with E-state index >= 15 is 0 Å². The lowest BCUT2D eigenvalue weighted by molar-refractivity contribution is -0.137. The predicted molar refractivity (Wildman–Crippen MR) is 113 cm³/mol. The summed E-state index contributed by atoms with van der Waals surface area (Å²) in [5.41, 5.74) is 0.124. The summed E-state index contributed by atoms with van der Waals surface area (Å²) < 4.78 is 62.1. The maximum Gasteiger partial charge on any atom is 0.416 e. The number of nitrogens with zero attached hydrogens (tertiary/aromatic N) is 1. The summed E-state index contributed by atoms with van der Waals surface area (Å²) >= 11 is 0. The van der Waals surface area contributed by atoms with Gasteiger partial charge in [0.1, 0.15) is 5.82 Å². The molecule has 1 amide bonds. The average molecular weight is 452 g/mol. The maximum absolute atomic E-state index is 14.7. The first-order valence-electron chi connectivity index (χ1n) is 11.2. The molecule has 2 heterocycles. The highest BCUT2D eigenvalue weighted by Crippen LogP contribution is 2.36. The van der Waals surface area contributed by atoms with Gasteiger partial charge in [0.25, 0.3) is 5.91 Å². The highest BCUT2D eigenvalue weighted by Gasteiger charge is 2.32. The van der Waals surface area contributed by atoms with E-state index in [0.29, 0.717) is 24.4 Å². The zero-order valence-electron chi connectivity index (χ0n) is 18.1.